The van der Waals surface area contributed by atoms with Gasteiger partial charge in [-0.05, 0) is 18.6 Å². The Hall–Kier alpha value is -0.550. The molecule has 1 saturated heterocycles. The monoisotopic (exact) mass is 243 g/mol. The summed E-state index contributed by atoms with van der Waals surface area (Å²) in [6.45, 7) is 5.88. The first-order valence-corrected chi connectivity index (χ1v) is 5.73. The molecule has 1 aliphatic heterocycles. The summed E-state index contributed by atoms with van der Waals surface area (Å²) in [6, 6.07) is 8.02. The Morgan fingerprint density at radius 3 is 2.00 bits per heavy atom. The van der Waals surface area contributed by atoms with Gasteiger partial charge in [-0.25, -0.2) is 0 Å². The van der Waals surface area contributed by atoms with E-state index in [4.69, 9.17) is 9.84 Å². The number of hydrogen-bond acceptors (Lipinski definition) is 4. The summed E-state index contributed by atoms with van der Waals surface area (Å²) >= 11 is 4.20. The molecule has 0 bridgehead atoms. The largest absolute Gasteiger partial charge is 0.400 e. The minimum atomic E-state index is 0.889. The Labute approximate surface area is 103 Å². The van der Waals surface area contributed by atoms with E-state index in [1.165, 1.54) is 5.56 Å². The maximum atomic E-state index is 7.00. The second-order valence-electron chi connectivity index (χ2n) is 3.15. The van der Waals surface area contributed by atoms with Crippen molar-refractivity contribution in [2.24, 2.45) is 0 Å². The Morgan fingerprint density at radius 1 is 1.19 bits per heavy atom. The van der Waals surface area contributed by atoms with Crippen LogP contribution in [-0.4, -0.2) is 38.5 Å². The molecule has 92 valence electrons. The lowest BCUT2D eigenvalue weighted by Crippen LogP contribution is -2.30. The lowest BCUT2D eigenvalue weighted by Gasteiger charge is -2.10. The summed E-state index contributed by atoms with van der Waals surface area (Å²) in [5.41, 5.74) is 1.23. The van der Waals surface area contributed by atoms with Gasteiger partial charge in [0.2, 0.25) is 0 Å². The van der Waals surface area contributed by atoms with E-state index < -0.39 is 0 Å². The highest BCUT2D eigenvalue weighted by molar-refractivity contribution is 7.80. The number of rotatable bonds is 0. The van der Waals surface area contributed by atoms with Gasteiger partial charge in [0, 0.05) is 25.1 Å². The third-order valence-electron chi connectivity index (χ3n) is 1.96. The minimum absolute atomic E-state index is 0.889. The molecule has 1 aromatic carbocycles. The quantitative estimate of drug-likeness (QED) is 0.605. The first-order chi connectivity index (χ1) is 7.80. The molecule has 2 N–H and O–H groups in total. The third kappa shape index (κ3) is 7.70. The van der Waals surface area contributed by atoms with E-state index in [2.05, 4.69) is 17.9 Å². The average molecular weight is 243 g/mol. The first-order valence-electron chi connectivity index (χ1n) is 5.28. The number of aryl methyl sites for hydroxylation is 1. The van der Waals surface area contributed by atoms with Crippen LogP contribution in [0.5, 0.6) is 0 Å². The summed E-state index contributed by atoms with van der Waals surface area (Å²) in [6.07, 6.45) is 0. The predicted octanol–water partition coefficient (Wildman–Crippen LogP) is 1.50. The van der Waals surface area contributed by atoms with Crippen LogP contribution in [0.3, 0.4) is 0 Å². The molecule has 1 fully saturated rings. The van der Waals surface area contributed by atoms with Gasteiger partial charge in [0.25, 0.3) is 0 Å². The van der Waals surface area contributed by atoms with Crippen molar-refractivity contribution in [3.8, 4) is 0 Å². The molecule has 0 unspecified atom stereocenters. The van der Waals surface area contributed by atoms with Crippen LogP contribution in [0.2, 0.25) is 0 Å². The fourth-order valence-corrected chi connectivity index (χ4v) is 1.24. The van der Waals surface area contributed by atoms with Crippen LogP contribution < -0.4 is 5.32 Å². The van der Waals surface area contributed by atoms with Crippen LogP contribution in [0.4, 0.5) is 0 Å². The van der Waals surface area contributed by atoms with E-state index in [1.54, 1.807) is 0 Å². The summed E-state index contributed by atoms with van der Waals surface area (Å²) in [5.74, 6) is 0. The zero-order valence-corrected chi connectivity index (χ0v) is 10.8. The lowest BCUT2D eigenvalue weighted by molar-refractivity contribution is 0.109. The number of aliphatic hydroxyl groups is 1. The fourth-order valence-electron chi connectivity index (χ4n) is 1.08. The van der Waals surface area contributed by atoms with Crippen molar-refractivity contribution >= 4 is 12.6 Å². The van der Waals surface area contributed by atoms with Crippen molar-refractivity contribution in [1.29, 1.82) is 0 Å². The van der Waals surface area contributed by atoms with Gasteiger partial charge in [-0.2, -0.15) is 0 Å². The van der Waals surface area contributed by atoms with Crippen LogP contribution in [0.1, 0.15) is 5.56 Å². The van der Waals surface area contributed by atoms with E-state index in [-0.39, 0.29) is 0 Å². The molecule has 16 heavy (non-hydrogen) atoms. The van der Waals surface area contributed by atoms with Gasteiger partial charge in [-0.1, -0.05) is 18.2 Å². The molecule has 0 aliphatic carbocycles. The topological polar surface area (TPSA) is 41.5 Å². The number of morpholine rings is 1. The minimum Gasteiger partial charge on any atom is -0.400 e. The molecule has 1 aromatic rings. The smallest absolute Gasteiger partial charge is 0.0591 e. The Bertz CT molecular complexity index is 232. The molecule has 0 amide bonds. The SMILES string of the molecule is C1COCCN1.CO.Cc1ccccc1S. The molecule has 1 aliphatic rings. The van der Waals surface area contributed by atoms with E-state index in [0.29, 0.717) is 0 Å². The molecule has 4 heteroatoms. The number of benzene rings is 1. The Kier molecular flexibility index (Phi) is 10.6. The molecular weight excluding hydrogens is 222 g/mol. The zero-order valence-electron chi connectivity index (χ0n) is 9.94. The van der Waals surface area contributed by atoms with Crippen molar-refractivity contribution in [3.05, 3.63) is 29.8 Å². The molecule has 0 atom stereocenters. The van der Waals surface area contributed by atoms with Gasteiger partial charge in [-0.15, -0.1) is 12.6 Å². The first kappa shape index (κ1) is 15.4. The number of ether oxygens (including phenoxy) is 1. The number of nitrogens with one attached hydrogen (secondary N) is 1. The van der Waals surface area contributed by atoms with Crippen molar-refractivity contribution in [3.63, 3.8) is 0 Å². The molecule has 0 saturated carbocycles. The highest BCUT2D eigenvalue weighted by Gasteiger charge is 1.92. The zero-order chi connectivity index (χ0) is 12.2. The highest BCUT2D eigenvalue weighted by atomic mass is 32.1. The number of thiol groups is 1. The van der Waals surface area contributed by atoms with Crippen molar-refractivity contribution in [2.75, 3.05) is 33.4 Å². The van der Waals surface area contributed by atoms with Crippen LogP contribution >= 0.6 is 12.6 Å². The van der Waals surface area contributed by atoms with Crippen LogP contribution in [0, 0.1) is 6.92 Å². The normalized spacial score (nSPS) is 14.0. The summed E-state index contributed by atoms with van der Waals surface area (Å²) in [7, 11) is 1.00. The Balaban J connectivity index is 0.000000251. The maximum absolute atomic E-state index is 7.00. The van der Waals surface area contributed by atoms with Crippen LogP contribution in [0.15, 0.2) is 29.2 Å². The van der Waals surface area contributed by atoms with Gasteiger partial charge in [0.15, 0.2) is 0 Å². The van der Waals surface area contributed by atoms with E-state index in [0.717, 1.165) is 38.3 Å². The molecule has 2 rings (SSSR count). The molecule has 0 aromatic heterocycles. The second kappa shape index (κ2) is 11.0. The van der Waals surface area contributed by atoms with Gasteiger partial charge >= 0.3 is 0 Å². The van der Waals surface area contributed by atoms with Crippen molar-refractivity contribution < 1.29 is 9.84 Å². The van der Waals surface area contributed by atoms with Crippen molar-refractivity contribution in [2.45, 2.75) is 11.8 Å². The van der Waals surface area contributed by atoms with E-state index >= 15 is 0 Å². The standard InChI is InChI=1S/C7H8S.C4H9NO.CH4O/c1-6-4-2-3-5-7(6)8;1-3-6-4-2-5-1;1-2/h2-5,8H,1H3;5H,1-4H2;2H,1H3. The summed E-state index contributed by atoms with van der Waals surface area (Å²) in [4.78, 5) is 1.06. The van der Waals surface area contributed by atoms with Gasteiger partial charge in [0.05, 0.1) is 13.2 Å². The van der Waals surface area contributed by atoms with E-state index in [9.17, 15) is 0 Å². The summed E-state index contributed by atoms with van der Waals surface area (Å²) in [5, 5.41) is 10.2. The Morgan fingerprint density at radius 2 is 1.75 bits per heavy atom. The van der Waals surface area contributed by atoms with Gasteiger partial charge < -0.3 is 15.2 Å². The van der Waals surface area contributed by atoms with E-state index in [1.807, 2.05) is 31.2 Å². The second-order valence-corrected chi connectivity index (χ2v) is 3.63. The van der Waals surface area contributed by atoms with Crippen LogP contribution in [0.25, 0.3) is 0 Å². The van der Waals surface area contributed by atoms with Gasteiger partial charge in [-0.3, -0.25) is 0 Å². The maximum Gasteiger partial charge on any atom is 0.0591 e. The highest BCUT2D eigenvalue weighted by Crippen LogP contribution is 2.09. The number of hydrogen-bond donors (Lipinski definition) is 3. The lowest BCUT2D eigenvalue weighted by atomic mass is 10.2. The van der Waals surface area contributed by atoms with Crippen LogP contribution in [-0.2, 0) is 4.74 Å². The molecule has 0 radical (unpaired) electrons. The third-order valence-corrected chi connectivity index (χ3v) is 2.46. The fraction of sp³-hybridized carbons (Fsp3) is 0.500. The molecule has 1 heterocycles. The molecule has 0 spiro atoms. The average Bonchev–Trinajstić information content (AvgIpc) is 2.38. The predicted molar refractivity (Wildman–Crippen MR) is 70.3 cm³/mol. The van der Waals surface area contributed by atoms with Crippen molar-refractivity contribution in [1.82, 2.24) is 5.32 Å². The van der Waals surface area contributed by atoms with Gasteiger partial charge in [0.1, 0.15) is 0 Å². The summed E-state index contributed by atoms with van der Waals surface area (Å²) < 4.78 is 5.01. The number of aliphatic hydroxyl groups excluding tert-OH is 1. The molecular formula is C12H21NO2S. The molecule has 3 nitrogen and oxygen atoms in total.